The van der Waals surface area contributed by atoms with Gasteiger partial charge in [-0.2, -0.15) is 0 Å². The third-order valence-corrected chi connectivity index (χ3v) is 3.35. The highest BCUT2D eigenvalue weighted by Crippen LogP contribution is 2.48. The van der Waals surface area contributed by atoms with Gasteiger partial charge in [0.05, 0.1) is 5.60 Å². The minimum Gasteiger partial charge on any atom is -0.385 e. The second-order valence-electron chi connectivity index (χ2n) is 5.38. The first kappa shape index (κ1) is 10.6. The zero-order chi connectivity index (χ0) is 11.1. The molecule has 1 nitrogen and oxygen atoms in total. The Morgan fingerprint density at radius 1 is 1.27 bits per heavy atom. The van der Waals surface area contributed by atoms with Gasteiger partial charge >= 0.3 is 0 Å². The minimum absolute atomic E-state index is 0.154. The molecule has 0 unspecified atom stereocenters. The standard InChI is InChI=1S/C13H17FO/c1-12(2)6-7-13(15,9-12)10-4-3-5-11(14)8-10/h3-5,8,15H,6-7,9H2,1-2H3/t13-/m1/s1. The van der Waals surface area contributed by atoms with Crippen molar-refractivity contribution in [3.63, 3.8) is 0 Å². The summed E-state index contributed by atoms with van der Waals surface area (Å²) in [5.41, 5.74) is 0.0419. The van der Waals surface area contributed by atoms with E-state index < -0.39 is 5.60 Å². The molecule has 0 radical (unpaired) electrons. The third kappa shape index (κ3) is 2.05. The molecule has 1 aromatic carbocycles. The van der Waals surface area contributed by atoms with Gasteiger partial charge in [0.2, 0.25) is 0 Å². The first-order valence-corrected chi connectivity index (χ1v) is 5.40. The first-order valence-electron chi connectivity index (χ1n) is 5.40. The Morgan fingerprint density at radius 3 is 2.53 bits per heavy atom. The van der Waals surface area contributed by atoms with E-state index in [4.69, 9.17) is 0 Å². The number of aliphatic hydroxyl groups is 1. The molecule has 1 saturated carbocycles. The lowest BCUT2D eigenvalue weighted by atomic mass is 9.86. The fourth-order valence-corrected chi connectivity index (χ4v) is 2.54. The van der Waals surface area contributed by atoms with Crippen molar-refractivity contribution in [2.45, 2.75) is 38.7 Å². The molecule has 0 spiro atoms. The van der Waals surface area contributed by atoms with Crippen LogP contribution in [0.25, 0.3) is 0 Å². The molecule has 0 amide bonds. The fraction of sp³-hybridized carbons (Fsp3) is 0.538. The Kier molecular flexibility index (Phi) is 2.34. The highest BCUT2D eigenvalue weighted by molar-refractivity contribution is 5.25. The molecule has 1 aromatic rings. The quantitative estimate of drug-likeness (QED) is 0.751. The van der Waals surface area contributed by atoms with E-state index in [2.05, 4.69) is 13.8 Å². The highest BCUT2D eigenvalue weighted by atomic mass is 19.1. The lowest BCUT2D eigenvalue weighted by Crippen LogP contribution is -2.23. The summed E-state index contributed by atoms with van der Waals surface area (Å²) in [6.45, 7) is 4.29. The van der Waals surface area contributed by atoms with Crippen molar-refractivity contribution in [1.82, 2.24) is 0 Å². The molecule has 2 heteroatoms. The van der Waals surface area contributed by atoms with Crippen LogP contribution >= 0.6 is 0 Å². The van der Waals surface area contributed by atoms with Crippen LogP contribution in [0, 0.1) is 11.2 Å². The predicted molar refractivity (Wildman–Crippen MR) is 57.9 cm³/mol. The number of rotatable bonds is 1. The Balaban J connectivity index is 2.31. The van der Waals surface area contributed by atoms with Crippen LogP contribution in [0.15, 0.2) is 24.3 Å². The zero-order valence-electron chi connectivity index (χ0n) is 9.26. The van der Waals surface area contributed by atoms with E-state index in [1.54, 1.807) is 6.07 Å². The van der Waals surface area contributed by atoms with E-state index in [0.29, 0.717) is 12.0 Å². The van der Waals surface area contributed by atoms with Gasteiger partial charge in [-0.3, -0.25) is 0 Å². The maximum absolute atomic E-state index is 13.1. The molecule has 0 aliphatic heterocycles. The molecule has 1 fully saturated rings. The maximum atomic E-state index is 13.1. The molecule has 0 bridgehead atoms. The van der Waals surface area contributed by atoms with Crippen LogP contribution in [0.1, 0.15) is 38.7 Å². The summed E-state index contributed by atoms with van der Waals surface area (Å²) in [5, 5.41) is 10.5. The first-order chi connectivity index (χ1) is 6.91. The van der Waals surface area contributed by atoms with E-state index in [-0.39, 0.29) is 11.2 Å². The minimum atomic E-state index is -0.828. The van der Waals surface area contributed by atoms with Crippen molar-refractivity contribution in [3.8, 4) is 0 Å². The average Bonchev–Trinajstić information content (AvgIpc) is 2.42. The molecule has 1 atom stereocenters. The molecule has 0 aromatic heterocycles. The summed E-state index contributed by atoms with van der Waals surface area (Å²) in [6, 6.07) is 6.33. The van der Waals surface area contributed by atoms with Gasteiger partial charge < -0.3 is 5.11 Å². The second kappa shape index (κ2) is 3.31. The fourth-order valence-electron chi connectivity index (χ4n) is 2.54. The van der Waals surface area contributed by atoms with Gasteiger partial charge in [0.25, 0.3) is 0 Å². The lowest BCUT2D eigenvalue weighted by molar-refractivity contribution is 0.0335. The largest absolute Gasteiger partial charge is 0.385 e. The monoisotopic (exact) mass is 208 g/mol. The van der Waals surface area contributed by atoms with Crippen molar-refractivity contribution >= 4 is 0 Å². The summed E-state index contributed by atoms with van der Waals surface area (Å²) >= 11 is 0. The Hall–Kier alpha value is -0.890. The van der Waals surface area contributed by atoms with E-state index in [0.717, 1.165) is 12.8 Å². The van der Waals surface area contributed by atoms with Gasteiger partial charge in [-0.1, -0.05) is 26.0 Å². The molecule has 1 N–H and O–H groups in total. The van der Waals surface area contributed by atoms with Crippen LogP contribution in [0.3, 0.4) is 0 Å². The van der Waals surface area contributed by atoms with Crippen molar-refractivity contribution < 1.29 is 9.50 Å². The van der Waals surface area contributed by atoms with Gasteiger partial charge in [-0.05, 0) is 42.4 Å². The van der Waals surface area contributed by atoms with Gasteiger partial charge in [-0.25, -0.2) is 4.39 Å². The summed E-state index contributed by atoms with van der Waals surface area (Å²) in [6.07, 6.45) is 2.42. The van der Waals surface area contributed by atoms with E-state index >= 15 is 0 Å². The molecule has 15 heavy (non-hydrogen) atoms. The van der Waals surface area contributed by atoms with Crippen LogP contribution in [0.5, 0.6) is 0 Å². The number of hydrogen-bond donors (Lipinski definition) is 1. The Morgan fingerprint density at radius 2 is 2.00 bits per heavy atom. The molecular weight excluding hydrogens is 191 g/mol. The highest BCUT2D eigenvalue weighted by Gasteiger charge is 2.42. The molecule has 0 saturated heterocycles. The van der Waals surface area contributed by atoms with E-state index in [9.17, 15) is 9.50 Å². The van der Waals surface area contributed by atoms with E-state index in [1.807, 2.05) is 6.07 Å². The third-order valence-electron chi connectivity index (χ3n) is 3.35. The van der Waals surface area contributed by atoms with Crippen LogP contribution in [-0.4, -0.2) is 5.11 Å². The number of benzene rings is 1. The number of hydrogen-bond acceptors (Lipinski definition) is 1. The summed E-state index contributed by atoms with van der Waals surface area (Å²) in [5.74, 6) is -0.273. The molecular formula is C13H17FO. The molecule has 82 valence electrons. The summed E-state index contributed by atoms with van der Waals surface area (Å²) < 4.78 is 13.1. The average molecular weight is 208 g/mol. The zero-order valence-corrected chi connectivity index (χ0v) is 9.26. The molecule has 2 rings (SSSR count). The Bertz CT molecular complexity index is 373. The van der Waals surface area contributed by atoms with Crippen LogP contribution in [0.2, 0.25) is 0 Å². The van der Waals surface area contributed by atoms with Crippen molar-refractivity contribution in [2.24, 2.45) is 5.41 Å². The lowest BCUT2D eigenvalue weighted by Gasteiger charge is -2.25. The van der Waals surface area contributed by atoms with Crippen LogP contribution in [0.4, 0.5) is 4.39 Å². The van der Waals surface area contributed by atoms with Crippen molar-refractivity contribution in [3.05, 3.63) is 35.6 Å². The van der Waals surface area contributed by atoms with Gasteiger partial charge in [0, 0.05) is 0 Å². The van der Waals surface area contributed by atoms with Crippen LogP contribution < -0.4 is 0 Å². The van der Waals surface area contributed by atoms with Crippen LogP contribution in [-0.2, 0) is 5.60 Å². The normalized spacial score (nSPS) is 29.3. The summed E-state index contributed by atoms with van der Waals surface area (Å²) in [4.78, 5) is 0. The maximum Gasteiger partial charge on any atom is 0.123 e. The SMILES string of the molecule is CC1(C)CC[C@](O)(c2cccc(F)c2)C1. The smallest absolute Gasteiger partial charge is 0.123 e. The summed E-state index contributed by atoms with van der Waals surface area (Å²) in [7, 11) is 0. The molecule has 0 heterocycles. The van der Waals surface area contributed by atoms with Gasteiger partial charge in [0.15, 0.2) is 0 Å². The number of halogens is 1. The second-order valence-corrected chi connectivity index (χ2v) is 5.38. The van der Waals surface area contributed by atoms with Gasteiger partial charge in [-0.15, -0.1) is 0 Å². The predicted octanol–water partition coefficient (Wildman–Crippen LogP) is 3.22. The van der Waals surface area contributed by atoms with E-state index in [1.165, 1.54) is 12.1 Å². The van der Waals surface area contributed by atoms with Crippen molar-refractivity contribution in [2.75, 3.05) is 0 Å². The topological polar surface area (TPSA) is 20.2 Å². The van der Waals surface area contributed by atoms with Gasteiger partial charge in [0.1, 0.15) is 5.82 Å². The van der Waals surface area contributed by atoms with Crippen molar-refractivity contribution in [1.29, 1.82) is 0 Å². The Labute approximate surface area is 89.9 Å². The molecule has 1 aliphatic rings. The molecule has 1 aliphatic carbocycles.